The Hall–Kier alpha value is -2.62. The highest BCUT2D eigenvalue weighted by Gasteiger charge is 2.51. The van der Waals surface area contributed by atoms with E-state index in [1.54, 1.807) is 11.0 Å². The molecule has 4 rings (SSSR count). The van der Waals surface area contributed by atoms with Gasteiger partial charge in [0.05, 0.1) is 13.7 Å². The van der Waals surface area contributed by atoms with Gasteiger partial charge in [0.1, 0.15) is 22.9 Å². The zero-order valence-corrected chi connectivity index (χ0v) is 20.9. The van der Waals surface area contributed by atoms with Crippen LogP contribution in [0.5, 0.6) is 5.75 Å². The van der Waals surface area contributed by atoms with E-state index in [9.17, 15) is 18.0 Å². The van der Waals surface area contributed by atoms with Crippen molar-refractivity contribution in [3.63, 3.8) is 0 Å². The van der Waals surface area contributed by atoms with Gasteiger partial charge in [-0.1, -0.05) is 41.9 Å². The molecule has 2 aromatic carbocycles. The molecule has 0 N–H and O–H groups in total. The van der Waals surface area contributed by atoms with Crippen molar-refractivity contribution >= 4 is 33.4 Å². The lowest BCUT2D eigenvalue weighted by atomic mass is 9.97. The van der Waals surface area contributed by atoms with Gasteiger partial charge in [0, 0.05) is 30.5 Å². The molecule has 2 saturated heterocycles. The highest BCUT2D eigenvalue weighted by atomic mass is 35.5. The molecule has 2 heterocycles. The van der Waals surface area contributed by atoms with Crippen molar-refractivity contribution in [1.82, 2.24) is 14.1 Å². The Labute approximate surface area is 205 Å². The van der Waals surface area contributed by atoms with E-state index in [0.717, 1.165) is 5.56 Å². The van der Waals surface area contributed by atoms with E-state index in [0.29, 0.717) is 6.42 Å². The Morgan fingerprint density at radius 1 is 1.12 bits per heavy atom. The third kappa shape index (κ3) is 4.39. The lowest BCUT2D eigenvalue weighted by Crippen LogP contribution is -2.72. The smallest absolute Gasteiger partial charge is 0.248 e. The van der Waals surface area contributed by atoms with Crippen LogP contribution in [0.1, 0.15) is 25.8 Å². The summed E-state index contributed by atoms with van der Waals surface area (Å²) < 4.78 is 34.3. The molecule has 34 heavy (non-hydrogen) atoms. The van der Waals surface area contributed by atoms with Crippen LogP contribution >= 0.6 is 11.6 Å². The predicted molar refractivity (Wildman–Crippen MR) is 128 cm³/mol. The summed E-state index contributed by atoms with van der Waals surface area (Å²) in [6.45, 7) is 3.87. The van der Waals surface area contributed by atoms with Gasteiger partial charge in [0.2, 0.25) is 21.8 Å². The van der Waals surface area contributed by atoms with Gasteiger partial charge in [-0.3, -0.25) is 9.59 Å². The van der Waals surface area contributed by atoms with Gasteiger partial charge in [0.15, 0.2) is 0 Å². The summed E-state index contributed by atoms with van der Waals surface area (Å²) in [6.07, 6.45) is -0.540. The molecular formula is C24H28ClN3O5S. The molecule has 0 saturated carbocycles. The van der Waals surface area contributed by atoms with Crippen LogP contribution in [0.3, 0.4) is 0 Å². The molecule has 2 amide bonds. The van der Waals surface area contributed by atoms with E-state index in [2.05, 4.69) is 0 Å². The molecule has 2 aliphatic rings. The van der Waals surface area contributed by atoms with Crippen molar-refractivity contribution in [2.45, 2.75) is 49.8 Å². The number of ether oxygens (including phenoxy) is 1. The maximum absolute atomic E-state index is 13.8. The predicted octanol–water partition coefficient (Wildman–Crippen LogP) is 2.76. The fourth-order valence-electron chi connectivity index (χ4n) is 4.67. The quantitative estimate of drug-likeness (QED) is 0.602. The van der Waals surface area contributed by atoms with Crippen LogP contribution < -0.4 is 4.74 Å². The fourth-order valence-corrected chi connectivity index (χ4v) is 6.66. The lowest BCUT2D eigenvalue weighted by molar-refractivity contribution is -0.166. The first-order valence-corrected chi connectivity index (χ1v) is 13.0. The van der Waals surface area contributed by atoms with Gasteiger partial charge in [0.25, 0.3) is 0 Å². The van der Waals surface area contributed by atoms with E-state index in [1.165, 1.54) is 28.4 Å². The van der Waals surface area contributed by atoms with Gasteiger partial charge in [-0.05, 0) is 37.6 Å². The number of amides is 2. The van der Waals surface area contributed by atoms with Crippen LogP contribution in [-0.2, 0) is 26.0 Å². The van der Waals surface area contributed by atoms with E-state index in [4.69, 9.17) is 16.3 Å². The van der Waals surface area contributed by atoms with E-state index in [1.807, 2.05) is 44.2 Å². The zero-order chi connectivity index (χ0) is 24.6. The number of carbonyl (C=O) groups excluding carboxylic acids is 2. The summed E-state index contributed by atoms with van der Waals surface area (Å²) in [6, 6.07) is 12.9. The Kier molecular flexibility index (Phi) is 6.89. The minimum absolute atomic E-state index is 0.0101. The SMILES string of the molecule is COc1ccc(Cl)cc1S(=O)(=O)N1CCC(=O)N2C(Cc3ccccc3)C(=O)N(C(C)C)CC21. The van der Waals surface area contributed by atoms with Crippen LogP contribution in [-0.4, -0.2) is 72.8 Å². The molecule has 0 aliphatic carbocycles. The molecule has 2 unspecified atom stereocenters. The molecule has 8 nitrogen and oxygen atoms in total. The van der Waals surface area contributed by atoms with Crippen molar-refractivity contribution in [1.29, 1.82) is 0 Å². The van der Waals surface area contributed by atoms with Crippen LogP contribution in [0.25, 0.3) is 0 Å². The summed E-state index contributed by atoms with van der Waals surface area (Å²) >= 11 is 6.12. The zero-order valence-electron chi connectivity index (χ0n) is 19.3. The number of fused-ring (bicyclic) bond motifs is 1. The monoisotopic (exact) mass is 505 g/mol. The molecule has 2 aromatic rings. The molecule has 2 atom stereocenters. The normalized spacial score (nSPS) is 21.7. The molecule has 2 aliphatic heterocycles. The summed E-state index contributed by atoms with van der Waals surface area (Å²) in [5.74, 6) is -0.239. The minimum Gasteiger partial charge on any atom is -0.495 e. The van der Waals surface area contributed by atoms with Crippen LogP contribution in [0.4, 0.5) is 0 Å². The maximum Gasteiger partial charge on any atom is 0.248 e. The van der Waals surface area contributed by atoms with Gasteiger partial charge < -0.3 is 14.5 Å². The van der Waals surface area contributed by atoms with E-state index < -0.39 is 22.2 Å². The first-order valence-electron chi connectivity index (χ1n) is 11.2. The number of piperazine rings is 1. The number of nitrogens with zero attached hydrogens (tertiary/aromatic N) is 3. The number of sulfonamides is 1. The number of rotatable bonds is 6. The second-order valence-electron chi connectivity index (χ2n) is 8.73. The first-order chi connectivity index (χ1) is 16.1. The second-order valence-corrected chi connectivity index (χ2v) is 11.0. The van der Waals surface area contributed by atoms with Crippen molar-refractivity contribution in [3.8, 4) is 5.75 Å². The first kappa shape index (κ1) is 24.5. The van der Waals surface area contributed by atoms with Crippen molar-refractivity contribution in [2.24, 2.45) is 0 Å². The highest BCUT2D eigenvalue weighted by Crippen LogP contribution is 2.35. The average molecular weight is 506 g/mol. The largest absolute Gasteiger partial charge is 0.495 e. The second kappa shape index (κ2) is 9.56. The van der Waals surface area contributed by atoms with Gasteiger partial charge in [-0.25, -0.2) is 8.42 Å². The molecule has 0 radical (unpaired) electrons. The highest BCUT2D eigenvalue weighted by molar-refractivity contribution is 7.89. The maximum atomic E-state index is 13.8. The van der Waals surface area contributed by atoms with Crippen molar-refractivity contribution < 1.29 is 22.7 Å². The van der Waals surface area contributed by atoms with Gasteiger partial charge in [-0.2, -0.15) is 4.31 Å². The van der Waals surface area contributed by atoms with Crippen molar-refractivity contribution in [2.75, 3.05) is 20.2 Å². The lowest BCUT2D eigenvalue weighted by Gasteiger charge is -2.52. The summed E-state index contributed by atoms with van der Waals surface area (Å²) in [5.41, 5.74) is 0.898. The topological polar surface area (TPSA) is 87.2 Å². The number of hydrogen-bond acceptors (Lipinski definition) is 5. The Morgan fingerprint density at radius 2 is 1.82 bits per heavy atom. The molecule has 0 bridgehead atoms. The fraction of sp³-hybridized carbons (Fsp3) is 0.417. The summed E-state index contributed by atoms with van der Waals surface area (Å²) in [4.78, 5) is 29.7. The standard InChI is InChI=1S/C24H28ClN3O5S/c1-16(2)26-15-22-27(34(31,32)21-14-18(25)9-10-20(21)33-3)12-11-23(29)28(22)19(24(26)30)13-17-7-5-4-6-8-17/h4-10,14,16,19,22H,11-13,15H2,1-3H3. The number of methoxy groups -OCH3 is 1. The summed E-state index contributed by atoms with van der Waals surface area (Å²) in [7, 11) is -2.70. The van der Waals surface area contributed by atoms with Crippen molar-refractivity contribution in [3.05, 3.63) is 59.1 Å². The van der Waals surface area contributed by atoms with E-state index in [-0.39, 0.29) is 53.0 Å². The van der Waals surface area contributed by atoms with Gasteiger partial charge >= 0.3 is 0 Å². The molecular weight excluding hydrogens is 478 g/mol. The number of hydrogen-bond donors (Lipinski definition) is 0. The molecule has 2 fully saturated rings. The number of benzene rings is 2. The minimum atomic E-state index is -4.09. The van der Waals surface area contributed by atoms with Crippen LogP contribution in [0.15, 0.2) is 53.4 Å². The molecule has 0 aromatic heterocycles. The third-order valence-corrected chi connectivity index (χ3v) is 8.51. The average Bonchev–Trinajstić information content (AvgIpc) is 2.81. The molecule has 10 heteroatoms. The Morgan fingerprint density at radius 3 is 2.47 bits per heavy atom. The number of halogens is 1. The molecule has 0 spiro atoms. The summed E-state index contributed by atoms with van der Waals surface area (Å²) in [5, 5.41) is 0.258. The molecule has 182 valence electrons. The van der Waals surface area contributed by atoms with Gasteiger partial charge in [-0.15, -0.1) is 0 Å². The Balaban J connectivity index is 1.78. The Bertz CT molecular complexity index is 1190. The van der Waals surface area contributed by atoms with Crippen LogP contribution in [0.2, 0.25) is 5.02 Å². The third-order valence-electron chi connectivity index (χ3n) is 6.36. The number of carbonyl (C=O) groups is 2. The van der Waals surface area contributed by atoms with Crippen LogP contribution in [0, 0.1) is 0 Å². The van der Waals surface area contributed by atoms with E-state index >= 15 is 0 Å².